The number of amides is 1. The molecule has 0 fully saturated rings. The van der Waals surface area contributed by atoms with E-state index in [1.165, 1.54) is 5.56 Å². The molecule has 1 aromatic heterocycles. The highest BCUT2D eigenvalue weighted by Crippen LogP contribution is 2.32. The SMILES string of the molecule is Cc1cc2c(nc1NC(=O)CC(C)(C)C)CCN2Cc1cccc(Cl)c1. The minimum Gasteiger partial charge on any atom is -0.365 e. The highest BCUT2D eigenvalue weighted by molar-refractivity contribution is 6.30. The average molecular weight is 372 g/mol. The first-order valence-corrected chi connectivity index (χ1v) is 9.39. The van der Waals surface area contributed by atoms with E-state index in [2.05, 4.69) is 43.1 Å². The van der Waals surface area contributed by atoms with Gasteiger partial charge in [0.25, 0.3) is 0 Å². The van der Waals surface area contributed by atoms with E-state index in [-0.39, 0.29) is 11.3 Å². The van der Waals surface area contributed by atoms with Crippen LogP contribution >= 0.6 is 11.6 Å². The summed E-state index contributed by atoms with van der Waals surface area (Å²) >= 11 is 6.10. The lowest BCUT2D eigenvalue weighted by Gasteiger charge is -2.21. The van der Waals surface area contributed by atoms with Gasteiger partial charge >= 0.3 is 0 Å². The van der Waals surface area contributed by atoms with E-state index < -0.39 is 0 Å². The first-order chi connectivity index (χ1) is 12.2. The van der Waals surface area contributed by atoms with Gasteiger partial charge in [-0.05, 0) is 41.7 Å². The normalized spacial score (nSPS) is 13.7. The van der Waals surface area contributed by atoms with Crippen molar-refractivity contribution in [3.05, 3.63) is 52.2 Å². The van der Waals surface area contributed by atoms with Crippen LogP contribution in [0.2, 0.25) is 5.02 Å². The standard InChI is InChI=1S/C21H26ClN3O/c1-14-10-18-17(23-20(14)24-19(26)12-21(2,3)4)8-9-25(18)13-15-6-5-7-16(22)11-15/h5-7,10-11H,8-9,12-13H2,1-4H3,(H,23,24,26). The maximum absolute atomic E-state index is 12.2. The van der Waals surface area contributed by atoms with E-state index in [1.807, 2.05) is 25.1 Å². The number of halogens is 1. The Kier molecular flexibility index (Phi) is 5.24. The molecule has 1 aliphatic rings. The van der Waals surface area contributed by atoms with Crippen molar-refractivity contribution in [3.63, 3.8) is 0 Å². The lowest BCUT2D eigenvalue weighted by molar-refractivity contribution is -0.117. The smallest absolute Gasteiger partial charge is 0.226 e. The van der Waals surface area contributed by atoms with Gasteiger partial charge in [-0.15, -0.1) is 0 Å². The van der Waals surface area contributed by atoms with Crippen molar-refractivity contribution in [2.75, 3.05) is 16.8 Å². The van der Waals surface area contributed by atoms with E-state index in [0.717, 1.165) is 41.5 Å². The summed E-state index contributed by atoms with van der Waals surface area (Å²) in [6.45, 7) is 9.91. The van der Waals surface area contributed by atoms with E-state index in [9.17, 15) is 4.79 Å². The van der Waals surface area contributed by atoms with Gasteiger partial charge in [-0.3, -0.25) is 4.79 Å². The number of hydrogen-bond donors (Lipinski definition) is 1. The van der Waals surface area contributed by atoms with Gasteiger partial charge in [-0.25, -0.2) is 4.98 Å². The number of fused-ring (bicyclic) bond motifs is 1. The predicted octanol–water partition coefficient (Wildman–Crippen LogP) is 4.98. The molecular formula is C21H26ClN3O. The van der Waals surface area contributed by atoms with Crippen LogP contribution in [0, 0.1) is 12.3 Å². The van der Waals surface area contributed by atoms with E-state index in [0.29, 0.717) is 12.2 Å². The zero-order chi connectivity index (χ0) is 18.9. The number of hydrogen-bond acceptors (Lipinski definition) is 3. The van der Waals surface area contributed by atoms with Crippen molar-refractivity contribution in [2.24, 2.45) is 5.41 Å². The van der Waals surface area contributed by atoms with E-state index in [1.54, 1.807) is 0 Å². The summed E-state index contributed by atoms with van der Waals surface area (Å²) in [5, 5.41) is 3.74. The molecule has 1 N–H and O–H groups in total. The predicted molar refractivity (Wildman–Crippen MR) is 108 cm³/mol. The molecule has 0 bridgehead atoms. The molecule has 2 aromatic rings. The van der Waals surface area contributed by atoms with Crippen molar-refractivity contribution in [1.82, 2.24) is 4.98 Å². The molecule has 0 unspecified atom stereocenters. The summed E-state index contributed by atoms with van der Waals surface area (Å²) in [6.07, 6.45) is 1.37. The van der Waals surface area contributed by atoms with Gasteiger partial charge in [0.2, 0.25) is 5.91 Å². The Morgan fingerprint density at radius 3 is 2.77 bits per heavy atom. The van der Waals surface area contributed by atoms with Crippen LogP contribution in [-0.4, -0.2) is 17.4 Å². The monoisotopic (exact) mass is 371 g/mol. The maximum Gasteiger partial charge on any atom is 0.226 e. The summed E-state index contributed by atoms with van der Waals surface area (Å²) in [4.78, 5) is 19.3. The van der Waals surface area contributed by atoms with Gasteiger partial charge in [0.1, 0.15) is 5.82 Å². The summed E-state index contributed by atoms with van der Waals surface area (Å²) < 4.78 is 0. The van der Waals surface area contributed by atoms with Crippen LogP contribution in [0.15, 0.2) is 30.3 Å². The molecule has 2 heterocycles. The number of anilines is 2. The molecule has 0 saturated heterocycles. The summed E-state index contributed by atoms with van der Waals surface area (Å²) in [5.41, 5.74) is 4.33. The Labute approximate surface area is 160 Å². The van der Waals surface area contributed by atoms with Crippen molar-refractivity contribution >= 4 is 29.0 Å². The number of carbonyl (C=O) groups excluding carboxylic acids is 1. The third kappa shape index (κ3) is 4.55. The number of nitrogens with one attached hydrogen (secondary N) is 1. The molecule has 0 saturated carbocycles. The number of carbonyl (C=O) groups is 1. The van der Waals surface area contributed by atoms with Crippen LogP contribution in [-0.2, 0) is 17.8 Å². The van der Waals surface area contributed by atoms with Gasteiger partial charge in [-0.2, -0.15) is 0 Å². The molecule has 1 aliphatic heterocycles. The van der Waals surface area contributed by atoms with E-state index in [4.69, 9.17) is 16.6 Å². The van der Waals surface area contributed by atoms with Gasteiger partial charge in [-0.1, -0.05) is 44.5 Å². The van der Waals surface area contributed by atoms with Crippen molar-refractivity contribution in [2.45, 2.75) is 47.1 Å². The van der Waals surface area contributed by atoms with Crippen molar-refractivity contribution in [3.8, 4) is 0 Å². The van der Waals surface area contributed by atoms with Crippen LogP contribution in [0.1, 0.15) is 44.0 Å². The second-order valence-corrected chi connectivity index (χ2v) is 8.64. The van der Waals surface area contributed by atoms with Crippen LogP contribution in [0.25, 0.3) is 0 Å². The Morgan fingerprint density at radius 2 is 2.08 bits per heavy atom. The van der Waals surface area contributed by atoms with Crippen molar-refractivity contribution < 1.29 is 4.79 Å². The highest BCUT2D eigenvalue weighted by atomic mass is 35.5. The lowest BCUT2D eigenvalue weighted by atomic mass is 9.92. The van der Waals surface area contributed by atoms with Crippen LogP contribution in [0.5, 0.6) is 0 Å². The van der Waals surface area contributed by atoms with Gasteiger partial charge in [0, 0.05) is 31.0 Å². The summed E-state index contributed by atoms with van der Waals surface area (Å²) in [6, 6.07) is 10.1. The summed E-state index contributed by atoms with van der Waals surface area (Å²) in [5.74, 6) is 0.699. The maximum atomic E-state index is 12.2. The number of aromatic nitrogens is 1. The van der Waals surface area contributed by atoms with Crippen LogP contribution in [0.4, 0.5) is 11.5 Å². The fourth-order valence-electron chi connectivity index (χ4n) is 3.26. The second kappa shape index (κ2) is 7.28. The van der Waals surface area contributed by atoms with E-state index >= 15 is 0 Å². The molecule has 3 rings (SSSR count). The Morgan fingerprint density at radius 1 is 1.31 bits per heavy atom. The molecule has 0 radical (unpaired) electrons. The summed E-state index contributed by atoms with van der Waals surface area (Å²) in [7, 11) is 0. The Hall–Kier alpha value is -2.07. The minimum atomic E-state index is -0.0392. The molecule has 5 heteroatoms. The fourth-order valence-corrected chi connectivity index (χ4v) is 3.47. The first-order valence-electron chi connectivity index (χ1n) is 9.01. The Balaban J connectivity index is 1.76. The average Bonchev–Trinajstić information content (AvgIpc) is 2.88. The Bertz CT molecular complexity index is 826. The quantitative estimate of drug-likeness (QED) is 0.824. The molecule has 0 aliphatic carbocycles. The zero-order valence-corrected chi connectivity index (χ0v) is 16.7. The second-order valence-electron chi connectivity index (χ2n) is 8.21. The first kappa shape index (κ1) is 18.7. The number of benzene rings is 1. The molecule has 1 aromatic carbocycles. The third-order valence-corrected chi connectivity index (χ3v) is 4.67. The highest BCUT2D eigenvalue weighted by Gasteiger charge is 2.23. The molecule has 0 spiro atoms. The largest absolute Gasteiger partial charge is 0.365 e. The number of nitrogens with zero attached hydrogens (tertiary/aromatic N) is 2. The number of rotatable bonds is 4. The lowest BCUT2D eigenvalue weighted by Crippen LogP contribution is -2.21. The number of pyridine rings is 1. The zero-order valence-electron chi connectivity index (χ0n) is 15.9. The van der Waals surface area contributed by atoms with Gasteiger partial charge < -0.3 is 10.2 Å². The molecule has 138 valence electrons. The van der Waals surface area contributed by atoms with Gasteiger partial charge in [0.05, 0.1) is 11.4 Å². The van der Waals surface area contributed by atoms with Crippen molar-refractivity contribution in [1.29, 1.82) is 0 Å². The minimum absolute atomic E-state index is 0.0156. The molecule has 26 heavy (non-hydrogen) atoms. The van der Waals surface area contributed by atoms with Crippen LogP contribution in [0.3, 0.4) is 0 Å². The topological polar surface area (TPSA) is 45.2 Å². The third-order valence-electron chi connectivity index (χ3n) is 4.44. The molecule has 1 amide bonds. The molecule has 0 atom stereocenters. The fraction of sp³-hybridized carbons (Fsp3) is 0.429. The van der Waals surface area contributed by atoms with Gasteiger partial charge in [0.15, 0.2) is 0 Å². The molecular weight excluding hydrogens is 346 g/mol. The number of aryl methyl sites for hydroxylation is 1. The molecule has 4 nitrogen and oxygen atoms in total. The van der Waals surface area contributed by atoms with Crippen LogP contribution < -0.4 is 10.2 Å².